The van der Waals surface area contributed by atoms with Gasteiger partial charge in [0.05, 0.1) is 5.54 Å². The van der Waals surface area contributed by atoms with Crippen LogP contribution in [0, 0.1) is 5.82 Å². The summed E-state index contributed by atoms with van der Waals surface area (Å²) < 4.78 is 42.1. The molecule has 1 N–H and O–H groups in total. The maximum atomic E-state index is 13.7. The average molecular weight is 370 g/mol. The molecule has 1 saturated carbocycles. The van der Waals surface area contributed by atoms with E-state index in [0.717, 1.165) is 16.1 Å². The van der Waals surface area contributed by atoms with Crippen LogP contribution in [-0.2, 0) is 15.6 Å². The van der Waals surface area contributed by atoms with Crippen LogP contribution in [0.4, 0.5) is 4.39 Å². The third-order valence-electron chi connectivity index (χ3n) is 3.60. The van der Waals surface area contributed by atoms with Crippen LogP contribution in [0.3, 0.4) is 0 Å². The van der Waals surface area contributed by atoms with Crippen LogP contribution >= 0.6 is 15.9 Å². The molecule has 6 heteroatoms. The monoisotopic (exact) mass is 369 g/mol. The highest BCUT2D eigenvalue weighted by molar-refractivity contribution is 9.10. The number of hydrogen-bond donors (Lipinski definition) is 1. The molecule has 110 valence electrons. The van der Waals surface area contributed by atoms with E-state index in [-0.39, 0.29) is 4.90 Å². The van der Waals surface area contributed by atoms with Gasteiger partial charge in [-0.3, -0.25) is 0 Å². The van der Waals surface area contributed by atoms with E-state index in [4.69, 9.17) is 0 Å². The van der Waals surface area contributed by atoms with Crippen LogP contribution in [0.15, 0.2) is 57.9 Å². The van der Waals surface area contributed by atoms with Crippen molar-refractivity contribution in [2.45, 2.75) is 23.3 Å². The fourth-order valence-corrected chi connectivity index (χ4v) is 4.11. The second-order valence-corrected chi connectivity index (χ2v) is 7.69. The van der Waals surface area contributed by atoms with Crippen LogP contribution in [0.5, 0.6) is 0 Å². The van der Waals surface area contributed by atoms with Gasteiger partial charge in [-0.2, -0.15) is 0 Å². The van der Waals surface area contributed by atoms with E-state index >= 15 is 0 Å². The van der Waals surface area contributed by atoms with Gasteiger partial charge in [0, 0.05) is 4.47 Å². The minimum Gasteiger partial charge on any atom is -0.207 e. The summed E-state index contributed by atoms with van der Waals surface area (Å²) in [7, 11) is -3.88. The normalized spacial score (nSPS) is 16.7. The summed E-state index contributed by atoms with van der Waals surface area (Å²) in [6.07, 6.45) is 1.42. The molecular weight excluding hydrogens is 357 g/mol. The Bertz CT molecular complexity index is 771. The average Bonchev–Trinajstić information content (AvgIpc) is 3.19. The molecule has 0 aliphatic heterocycles. The van der Waals surface area contributed by atoms with Gasteiger partial charge in [0.1, 0.15) is 10.7 Å². The molecule has 2 aromatic carbocycles. The smallest absolute Gasteiger partial charge is 0.207 e. The third kappa shape index (κ3) is 2.88. The lowest BCUT2D eigenvalue weighted by atomic mass is 10.1. The highest BCUT2D eigenvalue weighted by atomic mass is 79.9. The lowest BCUT2D eigenvalue weighted by Crippen LogP contribution is -2.35. The standard InChI is InChI=1S/C15H13BrFNO2S/c16-12-7-5-11(6-8-12)15(9-10-15)18-21(19,20)14-4-2-1-3-13(14)17/h1-8,18H,9-10H2. The largest absolute Gasteiger partial charge is 0.244 e. The van der Waals surface area contributed by atoms with Gasteiger partial charge in [0.15, 0.2) is 0 Å². The first-order valence-corrected chi connectivity index (χ1v) is 8.75. The molecule has 0 radical (unpaired) electrons. The first-order chi connectivity index (χ1) is 9.93. The Hall–Kier alpha value is -1.24. The Labute approximate surface area is 131 Å². The van der Waals surface area contributed by atoms with E-state index in [1.165, 1.54) is 18.2 Å². The molecule has 0 spiro atoms. The zero-order valence-corrected chi connectivity index (χ0v) is 13.4. The topological polar surface area (TPSA) is 46.2 Å². The first kappa shape index (κ1) is 14.7. The van der Waals surface area contributed by atoms with Gasteiger partial charge < -0.3 is 0 Å². The summed E-state index contributed by atoms with van der Waals surface area (Å²) in [5.41, 5.74) is 0.285. The maximum absolute atomic E-state index is 13.7. The molecule has 1 fully saturated rings. The number of sulfonamides is 1. The van der Waals surface area contributed by atoms with Crippen molar-refractivity contribution in [1.82, 2.24) is 4.72 Å². The highest BCUT2D eigenvalue weighted by Gasteiger charge is 2.47. The molecule has 21 heavy (non-hydrogen) atoms. The molecule has 2 aromatic rings. The van der Waals surface area contributed by atoms with E-state index in [1.54, 1.807) is 0 Å². The highest BCUT2D eigenvalue weighted by Crippen LogP contribution is 2.46. The fraction of sp³-hybridized carbons (Fsp3) is 0.200. The van der Waals surface area contributed by atoms with Crippen molar-refractivity contribution in [2.24, 2.45) is 0 Å². The summed E-state index contributed by atoms with van der Waals surface area (Å²) in [6, 6.07) is 12.9. The zero-order chi connectivity index (χ0) is 15.1. The number of benzene rings is 2. The summed E-state index contributed by atoms with van der Waals surface area (Å²) in [5.74, 6) is -0.739. The summed E-state index contributed by atoms with van der Waals surface area (Å²) in [6.45, 7) is 0. The van der Waals surface area contributed by atoms with Crippen molar-refractivity contribution in [2.75, 3.05) is 0 Å². The Kier molecular flexibility index (Phi) is 3.63. The van der Waals surface area contributed by atoms with Gasteiger partial charge in [0.25, 0.3) is 0 Å². The van der Waals surface area contributed by atoms with Gasteiger partial charge >= 0.3 is 0 Å². The molecule has 0 heterocycles. The fourth-order valence-electron chi connectivity index (χ4n) is 2.32. The van der Waals surface area contributed by atoms with Crippen molar-refractivity contribution < 1.29 is 12.8 Å². The van der Waals surface area contributed by atoms with Crippen molar-refractivity contribution in [3.8, 4) is 0 Å². The number of nitrogens with one attached hydrogen (secondary N) is 1. The second kappa shape index (κ2) is 5.19. The second-order valence-electron chi connectivity index (χ2n) is 5.12. The van der Waals surface area contributed by atoms with Crippen molar-refractivity contribution in [3.05, 3.63) is 64.4 Å². The molecule has 3 nitrogen and oxygen atoms in total. The third-order valence-corrected chi connectivity index (χ3v) is 5.70. The van der Waals surface area contributed by atoms with Crippen LogP contribution in [0.1, 0.15) is 18.4 Å². The molecule has 0 bridgehead atoms. The van der Waals surface area contributed by atoms with E-state index in [9.17, 15) is 12.8 Å². The molecule has 3 rings (SSSR count). The lowest BCUT2D eigenvalue weighted by molar-refractivity contribution is 0.536. The Morgan fingerprint density at radius 3 is 2.24 bits per heavy atom. The van der Waals surface area contributed by atoms with Gasteiger partial charge in [-0.1, -0.05) is 40.2 Å². The van der Waals surface area contributed by atoms with Crippen LogP contribution < -0.4 is 4.72 Å². The van der Waals surface area contributed by atoms with Crippen molar-refractivity contribution in [1.29, 1.82) is 0 Å². The molecule has 0 aromatic heterocycles. The number of hydrogen-bond acceptors (Lipinski definition) is 2. The van der Waals surface area contributed by atoms with E-state index in [0.29, 0.717) is 12.8 Å². The Morgan fingerprint density at radius 1 is 1.05 bits per heavy atom. The molecule has 1 aliphatic rings. The van der Waals surface area contributed by atoms with Crippen molar-refractivity contribution >= 4 is 26.0 Å². The first-order valence-electron chi connectivity index (χ1n) is 6.48. The predicted octanol–water partition coefficient (Wildman–Crippen LogP) is 3.56. The molecule has 0 amide bonds. The lowest BCUT2D eigenvalue weighted by Gasteiger charge is -2.18. The van der Waals surface area contributed by atoms with E-state index in [2.05, 4.69) is 20.7 Å². The molecular formula is C15H13BrFNO2S. The van der Waals surface area contributed by atoms with Crippen LogP contribution in [0.25, 0.3) is 0 Å². The Morgan fingerprint density at radius 2 is 1.67 bits per heavy atom. The van der Waals surface area contributed by atoms with Crippen molar-refractivity contribution in [3.63, 3.8) is 0 Å². The number of rotatable bonds is 4. The van der Waals surface area contributed by atoms with Gasteiger partial charge in [-0.15, -0.1) is 0 Å². The molecule has 0 atom stereocenters. The summed E-state index contributed by atoms with van der Waals surface area (Å²) >= 11 is 3.35. The van der Waals surface area contributed by atoms with Crippen LogP contribution in [0.2, 0.25) is 0 Å². The van der Waals surface area contributed by atoms with E-state index in [1.807, 2.05) is 24.3 Å². The Balaban J connectivity index is 1.93. The predicted molar refractivity (Wildman–Crippen MR) is 81.8 cm³/mol. The molecule has 0 unspecified atom stereocenters. The SMILES string of the molecule is O=S(=O)(NC1(c2ccc(Br)cc2)CC1)c1ccccc1F. The quantitative estimate of drug-likeness (QED) is 0.895. The summed E-state index contributed by atoms with van der Waals surface area (Å²) in [4.78, 5) is -0.312. The van der Waals surface area contributed by atoms with E-state index < -0.39 is 21.4 Å². The minimum atomic E-state index is -3.88. The van der Waals surface area contributed by atoms with Crippen LogP contribution in [-0.4, -0.2) is 8.42 Å². The number of halogens is 2. The zero-order valence-electron chi connectivity index (χ0n) is 11.0. The van der Waals surface area contributed by atoms with Gasteiger partial charge in [-0.05, 0) is 42.7 Å². The molecule has 1 aliphatic carbocycles. The maximum Gasteiger partial charge on any atom is 0.244 e. The molecule has 0 saturated heterocycles. The summed E-state index contributed by atoms with van der Waals surface area (Å²) in [5, 5.41) is 0. The van der Waals surface area contributed by atoms with Gasteiger partial charge in [0.2, 0.25) is 10.0 Å². The van der Waals surface area contributed by atoms with Gasteiger partial charge in [-0.25, -0.2) is 17.5 Å². The minimum absolute atomic E-state index is 0.312.